The summed E-state index contributed by atoms with van der Waals surface area (Å²) in [7, 11) is 0. The predicted molar refractivity (Wildman–Crippen MR) is 53.8 cm³/mol. The van der Waals surface area contributed by atoms with Crippen LogP contribution in [-0.4, -0.2) is 10.2 Å². The number of hydrogen-bond acceptors (Lipinski definition) is 1. The first-order valence-corrected chi connectivity index (χ1v) is 4.77. The third kappa shape index (κ3) is 1.58. The minimum Gasteiger partial charge on any atom is -0.277 e. The quantitative estimate of drug-likeness (QED) is 0.744. The number of benzene rings is 1. The van der Waals surface area contributed by atoms with Gasteiger partial charge in [-0.3, -0.25) is 5.10 Å². The molecule has 0 aliphatic heterocycles. The van der Waals surface area contributed by atoms with E-state index >= 15 is 0 Å². The van der Waals surface area contributed by atoms with Crippen LogP contribution in [0, 0.1) is 3.70 Å². The van der Waals surface area contributed by atoms with Crippen LogP contribution in [0.4, 0.5) is 13.2 Å². The van der Waals surface area contributed by atoms with Crippen LogP contribution in [0.3, 0.4) is 0 Å². The molecule has 0 atom stereocenters. The summed E-state index contributed by atoms with van der Waals surface area (Å²) in [5.74, 6) is 0. The second-order valence-corrected chi connectivity index (χ2v) is 3.79. The molecule has 74 valence electrons. The molecule has 0 radical (unpaired) electrons. The Morgan fingerprint density at radius 3 is 2.64 bits per heavy atom. The Bertz CT molecular complexity index is 475. The van der Waals surface area contributed by atoms with Gasteiger partial charge in [0.15, 0.2) is 0 Å². The maximum Gasteiger partial charge on any atom is 0.416 e. The monoisotopic (exact) mass is 312 g/mol. The van der Waals surface area contributed by atoms with Gasteiger partial charge in [0.05, 0.1) is 11.1 Å². The first-order valence-electron chi connectivity index (χ1n) is 3.69. The molecule has 2 rings (SSSR count). The van der Waals surface area contributed by atoms with Gasteiger partial charge in [-0.15, -0.1) is 0 Å². The van der Waals surface area contributed by atoms with Crippen molar-refractivity contribution in [3.63, 3.8) is 0 Å². The largest absolute Gasteiger partial charge is 0.416 e. The van der Waals surface area contributed by atoms with Crippen molar-refractivity contribution in [1.82, 2.24) is 10.2 Å². The highest BCUT2D eigenvalue weighted by atomic mass is 127. The van der Waals surface area contributed by atoms with E-state index in [4.69, 9.17) is 0 Å². The van der Waals surface area contributed by atoms with Crippen LogP contribution in [0.25, 0.3) is 10.9 Å². The highest BCUT2D eigenvalue weighted by molar-refractivity contribution is 14.1. The molecule has 1 aromatic carbocycles. The van der Waals surface area contributed by atoms with E-state index in [1.54, 1.807) is 0 Å². The molecule has 14 heavy (non-hydrogen) atoms. The minimum absolute atomic E-state index is 0.407. The van der Waals surface area contributed by atoms with Gasteiger partial charge in [-0.2, -0.15) is 18.3 Å². The van der Waals surface area contributed by atoms with E-state index in [9.17, 15) is 13.2 Å². The second-order valence-electron chi connectivity index (χ2n) is 2.77. The van der Waals surface area contributed by atoms with Crippen LogP contribution in [-0.2, 0) is 6.18 Å². The van der Waals surface area contributed by atoms with Gasteiger partial charge in [0.2, 0.25) is 0 Å². The van der Waals surface area contributed by atoms with E-state index < -0.39 is 11.7 Å². The maximum atomic E-state index is 12.3. The van der Waals surface area contributed by atoms with Crippen molar-refractivity contribution in [2.24, 2.45) is 0 Å². The van der Waals surface area contributed by atoms with Gasteiger partial charge in [-0.25, -0.2) is 0 Å². The number of alkyl halides is 3. The molecule has 6 heteroatoms. The third-order valence-electron chi connectivity index (χ3n) is 1.84. The van der Waals surface area contributed by atoms with Crippen LogP contribution < -0.4 is 0 Å². The fourth-order valence-electron chi connectivity index (χ4n) is 1.16. The molecule has 0 saturated carbocycles. The molecular formula is C8H4F3IN2. The van der Waals surface area contributed by atoms with Crippen LogP contribution in [0.5, 0.6) is 0 Å². The first-order chi connectivity index (χ1) is 6.48. The summed E-state index contributed by atoms with van der Waals surface area (Å²) in [6, 6.07) is 3.54. The summed E-state index contributed by atoms with van der Waals surface area (Å²) in [5.41, 5.74) is -0.255. The maximum absolute atomic E-state index is 12.3. The molecule has 1 heterocycles. The summed E-state index contributed by atoms with van der Waals surface area (Å²) in [6.07, 6.45) is -4.30. The Labute approximate surface area is 90.6 Å². The number of nitrogens with one attached hydrogen (secondary N) is 1. The number of H-pyrrole nitrogens is 1. The number of halogens is 4. The average Bonchev–Trinajstić information content (AvgIpc) is 2.46. The van der Waals surface area contributed by atoms with E-state index in [1.165, 1.54) is 6.07 Å². The van der Waals surface area contributed by atoms with E-state index in [0.29, 0.717) is 14.6 Å². The fraction of sp³-hybridized carbons (Fsp3) is 0.125. The predicted octanol–water partition coefficient (Wildman–Crippen LogP) is 3.19. The Balaban J connectivity index is 2.63. The zero-order chi connectivity index (χ0) is 10.3. The summed E-state index contributed by atoms with van der Waals surface area (Å²) in [4.78, 5) is 0. The summed E-state index contributed by atoms with van der Waals surface area (Å²) in [5, 5.41) is 7.06. The van der Waals surface area contributed by atoms with Crippen molar-refractivity contribution in [2.75, 3.05) is 0 Å². The Kier molecular flexibility index (Phi) is 2.17. The van der Waals surface area contributed by atoms with E-state index in [0.717, 1.165) is 12.1 Å². The number of hydrogen-bond donors (Lipinski definition) is 1. The zero-order valence-electron chi connectivity index (χ0n) is 6.69. The van der Waals surface area contributed by atoms with Gasteiger partial charge in [-0.1, -0.05) is 0 Å². The molecule has 0 bridgehead atoms. The van der Waals surface area contributed by atoms with Gasteiger partial charge < -0.3 is 0 Å². The van der Waals surface area contributed by atoms with Crippen LogP contribution >= 0.6 is 22.6 Å². The van der Waals surface area contributed by atoms with E-state index in [-0.39, 0.29) is 0 Å². The van der Waals surface area contributed by atoms with Crippen LogP contribution in [0.2, 0.25) is 0 Å². The van der Waals surface area contributed by atoms with Gasteiger partial charge in [-0.05, 0) is 40.8 Å². The van der Waals surface area contributed by atoms with Crippen molar-refractivity contribution < 1.29 is 13.2 Å². The molecule has 0 saturated heterocycles. The lowest BCUT2D eigenvalue weighted by atomic mass is 10.1. The third-order valence-corrected chi connectivity index (χ3v) is 2.67. The van der Waals surface area contributed by atoms with Crippen molar-refractivity contribution in [3.05, 3.63) is 27.5 Å². The summed E-state index contributed by atoms with van der Waals surface area (Å²) >= 11 is 1.96. The Morgan fingerprint density at radius 1 is 1.29 bits per heavy atom. The van der Waals surface area contributed by atoms with Gasteiger partial charge in [0.25, 0.3) is 0 Å². The smallest absolute Gasteiger partial charge is 0.277 e. The Morgan fingerprint density at radius 2 is 2.00 bits per heavy atom. The number of nitrogens with zero attached hydrogens (tertiary/aromatic N) is 1. The number of aromatic amines is 1. The molecule has 1 N–H and O–H groups in total. The molecule has 0 unspecified atom stereocenters. The minimum atomic E-state index is -4.30. The normalized spacial score (nSPS) is 12.3. The standard InChI is InChI=1S/C8H4F3IN2/c9-8(10,11)4-1-2-5-6(3-4)13-14-7(5)12/h1-3H,(H,13,14). The molecule has 0 aliphatic rings. The van der Waals surface area contributed by atoms with Gasteiger partial charge >= 0.3 is 6.18 Å². The molecule has 0 aliphatic carbocycles. The number of aromatic nitrogens is 2. The van der Waals surface area contributed by atoms with Crippen molar-refractivity contribution in [1.29, 1.82) is 0 Å². The van der Waals surface area contributed by atoms with Crippen molar-refractivity contribution >= 4 is 33.5 Å². The van der Waals surface area contributed by atoms with Crippen LogP contribution in [0.15, 0.2) is 18.2 Å². The molecule has 0 fully saturated rings. The zero-order valence-corrected chi connectivity index (χ0v) is 8.85. The molecule has 0 spiro atoms. The summed E-state index contributed by atoms with van der Waals surface area (Å²) < 4.78 is 37.5. The average molecular weight is 312 g/mol. The fourth-order valence-corrected chi connectivity index (χ4v) is 1.75. The first kappa shape index (κ1) is 9.75. The molecule has 0 amide bonds. The Hall–Kier alpha value is -0.790. The van der Waals surface area contributed by atoms with Crippen molar-refractivity contribution in [3.8, 4) is 0 Å². The molecule has 1 aromatic heterocycles. The highest BCUT2D eigenvalue weighted by Gasteiger charge is 2.30. The molecule has 2 aromatic rings. The van der Waals surface area contributed by atoms with Gasteiger partial charge in [0.1, 0.15) is 3.70 Å². The second kappa shape index (κ2) is 3.11. The number of rotatable bonds is 0. The topological polar surface area (TPSA) is 28.7 Å². The highest BCUT2D eigenvalue weighted by Crippen LogP contribution is 2.31. The van der Waals surface area contributed by atoms with E-state index in [2.05, 4.69) is 10.2 Å². The SMILES string of the molecule is FC(F)(F)c1ccc2c(I)n[nH]c2c1. The van der Waals surface area contributed by atoms with Crippen LogP contribution in [0.1, 0.15) is 5.56 Å². The number of fused-ring (bicyclic) bond motifs is 1. The van der Waals surface area contributed by atoms with E-state index in [1.807, 2.05) is 22.6 Å². The lowest BCUT2D eigenvalue weighted by Gasteiger charge is -2.05. The lowest BCUT2D eigenvalue weighted by Crippen LogP contribution is -2.04. The van der Waals surface area contributed by atoms with Crippen molar-refractivity contribution in [2.45, 2.75) is 6.18 Å². The lowest BCUT2D eigenvalue weighted by molar-refractivity contribution is -0.137. The summed E-state index contributed by atoms with van der Waals surface area (Å²) in [6.45, 7) is 0. The molecule has 2 nitrogen and oxygen atoms in total. The van der Waals surface area contributed by atoms with Gasteiger partial charge in [0, 0.05) is 5.39 Å². The molecular weight excluding hydrogens is 308 g/mol.